The van der Waals surface area contributed by atoms with Gasteiger partial charge in [-0.05, 0) is 30.7 Å². The highest BCUT2D eigenvalue weighted by Crippen LogP contribution is 2.17. The lowest BCUT2D eigenvalue weighted by Gasteiger charge is -2.23. The van der Waals surface area contributed by atoms with Crippen LogP contribution in [0, 0.1) is 0 Å². The number of aliphatic hydroxyl groups excluding tert-OH is 1. The number of anilines is 1. The molecule has 0 aliphatic carbocycles. The largest absolute Gasteiger partial charge is 0.441 e. The molecule has 1 N–H and O–H groups in total. The van der Waals surface area contributed by atoms with Crippen LogP contribution in [0.15, 0.2) is 59.0 Å². The predicted octanol–water partition coefficient (Wildman–Crippen LogP) is 3.26. The summed E-state index contributed by atoms with van der Waals surface area (Å²) >= 11 is 0. The topological polar surface area (TPSA) is 49.5 Å². The molecule has 114 valence electrons. The van der Waals surface area contributed by atoms with Gasteiger partial charge in [-0.25, -0.2) is 4.98 Å². The number of aryl methyl sites for hydroxylation is 1. The first-order valence-corrected chi connectivity index (χ1v) is 7.62. The summed E-state index contributed by atoms with van der Waals surface area (Å²) in [4.78, 5) is 6.68. The van der Waals surface area contributed by atoms with E-state index in [4.69, 9.17) is 4.42 Å². The van der Waals surface area contributed by atoms with E-state index in [1.54, 1.807) is 0 Å². The summed E-state index contributed by atoms with van der Waals surface area (Å²) in [5, 5.41) is 9.24. The fraction of sp³-hybridized carbons (Fsp3) is 0.278. The number of hydrogen-bond donors (Lipinski definition) is 1. The van der Waals surface area contributed by atoms with Gasteiger partial charge in [0.15, 0.2) is 11.5 Å². The van der Waals surface area contributed by atoms with Gasteiger partial charge in [-0.2, -0.15) is 0 Å². The Balaban J connectivity index is 1.60. The van der Waals surface area contributed by atoms with Crippen LogP contribution in [0.1, 0.15) is 12.3 Å². The third-order valence-corrected chi connectivity index (χ3v) is 3.65. The molecule has 4 nitrogen and oxygen atoms in total. The van der Waals surface area contributed by atoms with Crippen molar-refractivity contribution < 1.29 is 9.52 Å². The zero-order valence-corrected chi connectivity index (χ0v) is 12.5. The van der Waals surface area contributed by atoms with Gasteiger partial charge in [-0.1, -0.05) is 30.3 Å². The molecule has 0 spiro atoms. The molecule has 3 aromatic rings. The minimum absolute atomic E-state index is 0.151. The van der Waals surface area contributed by atoms with Gasteiger partial charge in [-0.3, -0.25) is 0 Å². The van der Waals surface area contributed by atoms with Crippen molar-refractivity contribution in [2.75, 3.05) is 24.6 Å². The van der Waals surface area contributed by atoms with E-state index in [0.29, 0.717) is 6.54 Å². The van der Waals surface area contributed by atoms with Crippen LogP contribution in [-0.2, 0) is 6.42 Å². The van der Waals surface area contributed by atoms with E-state index < -0.39 is 0 Å². The molecule has 1 heterocycles. The number of aromatic nitrogens is 1. The highest BCUT2D eigenvalue weighted by atomic mass is 16.3. The number of para-hydroxylation sites is 3. The van der Waals surface area contributed by atoms with Crippen LogP contribution in [0.2, 0.25) is 0 Å². The Morgan fingerprint density at radius 1 is 0.955 bits per heavy atom. The van der Waals surface area contributed by atoms with Crippen LogP contribution in [0.5, 0.6) is 0 Å². The Labute approximate surface area is 130 Å². The average molecular weight is 296 g/mol. The first-order valence-electron chi connectivity index (χ1n) is 7.62. The van der Waals surface area contributed by atoms with Crippen molar-refractivity contribution in [3.63, 3.8) is 0 Å². The average Bonchev–Trinajstić information content (AvgIpc) is 2.97. The highest BCUT2D eigenvalue weighted by Gasteiger charge is 2.08. The maximum Gasteiger partial charge on any atom is 0.195 e. The molecule has 0 amide bonds. The number of fused-ring (bicyclic) bond motifs is 1. The normalized spacial score (nSPS) is 11.0. The molecule has 1 aromatic heterocycles. The van der Waals surface area contributed by atoms with Gasteiger partial charge in [0.2, 0.25) is 0 Å². The zero-order valence-electron chi connectivity index (χ0n) is 12.5. The van der Waals surface area contributed by atoms with Gasteiger partial charge < -0.3 is 14.4 Å². The number of rotatable bonds is 7. The number of nitrogens with zero attached hydrogens (tertiary/aromatic N) is 2. The number of benzene rings is 2. The maximum atomic E-state index is 9.24. The highest BCUT2D eigenvalue weighted by molar-refractivity contribution is 5.72. The molecule has 0 bridgehead atoms. The standard InChI is InChI=1S/C18H20N2O2/c21-14-13-20(15-7-2-1-3-8-15)12-6-11-18-19-16-9-4-5-10-17(16)22-18/h1-5,7-10,21H,6,11-14H2. The molecule has 0 unspecified atom stereocenters. The van der Waals surface area contributed by atoms with Gasteiger partial charge in [0, 0.05) is 25.2 Å². The van der Waals surface area contributed by atoms with Crippen molar-refractivity contribution in [1.29, 1.82) is 0 Å². The van der Waals surface area contributed by atoms with Crippen molar-refractivity contribution in [1.82, 2.24) is 4.98 Å². The molecule has 4 heteroatoms. The van der Waals surface area contributed by atoms with Crippen molar-refractivity contribution in [3.8, 4) is 0 Å². The molecule has 3 rings (SSSR count). The molecule has 0 saturated heterocycles. The van der Waals surface area contributed by atoms with Gasteiger partial charge in [0.25, 0.3) is 0 Å². The molecule has 0 fully saturated rings. The van der Waals surface area contributed by atoms with E-state index >= 15 is 0 Å². The summed E-state index contributed by atoms with van der Waals surface area (Å²) in [5.41, 5.74) is 2.88. The van der Waals surface area contributed by atoms with Gasteiger partial charge in [0.1, 0.15) is 5.52 Å². The van der Waals surface area contributed by atoms with Gasteiger partial charge in [-0.15, -0.1) is 0 Å². The van der Waals surface area contributed by atoms with Crippen LogP contribution < -0.4 is 4.90 Å². The van der Waals surface area contributed by atoms with Crippen molar-refractivity contribution >= 4 is 16.8 Å². The Morgan fingerprint density at radius 3 is 2.50 bits per heavy atom. The molecular formula is C18H20N2O2. The van der Waals surface area contributed by atoms with E-state index in [1.165, 1.54) is 0 Å². The Hall–Kier alpha value is -2.33. The number of hydrogen-bond acceptors (Lipinski definition) is 4. The summed E-state index contributed by atoms with van der Waals surface area (Å²) in [6, 6.07) is 18.0. The van der Waals surface area contributed by atoms with E-state index in [0.717, 1.165) is 42.1 Å². The second-order valence-electron chi connectivity index (χ2n) is 5.23. The van der Waals surface area contributed by atoms with E-state index in [9.17, 15) is 5.11 Å². The first kappa shape index (κ1) is 14.6. The Bertz CT molecular complexity index is 676. The number of aliphatic hydroxyl groups is 1. The lowest BCUT2D eigenvalue weighted by atomic mass is 10.2. The first-order chi connectivity index (χ1) is 10.9. The summed E-state index contributed by atoms with van der Waals surface area (Å²) in [5.74, 6) is 0.776. The van der Waals surface area contributed by atoms with E-state index in [1.807, 2.05) is 42.5 Å². The zero-order chi connectivity index (χ0) is 15.2. The maximum absolute atomic E-state index is 9.24. The van der Waals surface area contributed by atoms with Crippen molar-refractivity contribution in [2.45, 2.75) is 12.8 Å². The summed E-state index contributed by atoms with van der Waals surface area (Å²) in [6.45, 7) is 1.65. The minimum Gasteiger partial charge on any atom is -0.441 e. The fourth-order valence-electron chi connectivity index (χ4n) is 2.58. The monoisotopic (exact) mass is 296 g/mol. The Morgan fingerprint density at radius 2 is 1.73 bits per heavy atom. The van der Waals surface area contributed by atoms with Gasteiger partial charge >= 0.3 is 0 Å². The second kappa shape index (κ2) is 7.09. The van der Waals surface area contributed by atoms with Crippen LogP contribution in [0.4, 0.5) is 5.69 Å². The van der Waals surface area contributed by atoms with Crippen LogP contribution in [0.3, 0.4) is 0 Å². The molecule has 2 aromatic carbocycles. The minimum atomic E-state index is 0.151. The SMILES string of the molecule is OCCN(CCCc1nc2ccccc2o1)c1ccccc1. The molecule has 0 aliphatic heterocycles. The molecule has 0 atom stereocenters. The Kier molecular flexibility index (Phi) is 4.71. The molecule has 0 aliphatic rings. The van der Waals surface area contributed by atoms with Crippen LogP contribution in [-0.4, -0.2) is 29.8 Å². The predicted molar refractivity (Wildman–Crippen MR) is 88.1 cm³/mol. The molecule has 0 radical (unpaired) electrons. The lowest BCUT2D eigenvalue weighted by molar-refractivity contribution is 0.301. The van der Waals surface area contributed by atoms with Gasteiger partial charge in [0.05, 0.1) is 6.61 Å². The summed E-state index contributed by atoms with van der Waals surface area (Å²) in [6.07, 6.45) is 1.73. The lowest BCUT2D eigenvalue weighted by Crippen LogP contribution is -2.28. The van der Waals surface area contributed by atoms with Crippen molar-refractivity contribution in [3.05, 3.63) is 60.5 Å². The number of oxazole rings is 1. The fourth-order valence-corrected chi connectivity index (χ4v) is 2.58. The second-order valence-corrected chi connectivity index (χ2v) is 5.23. The van der Waals surface area contributed by atoms with Crippen LogP contribution in [0.25, 0.3) is 11.1 Å². The van der Waals surface area contributed by atoms with E-state index in [-0.39, 0.29) is 6.61 Å². The smallest absolute Gasteiger partial charge is 0.195 e. The third-order valence-electron chi connectivity index (χ3n) is 3.65. The van der Waals surface area contributed by atoms with Crippen molar-refractivity contribution in [2.24, 2.45) is 0 Å². The summed E-state index contributed by atoms with van der Waals surface area (Å²) < 4.78 is 5.74. The molecular weight excluding hydrogens is 276 g/mol. The summed E-state index contributed by atoms with van der Waals surface area (Å²) in [7, 11) is 0. The quantitative estimate of drug-likeness (QED) is 0.727. The third kappa shape index (κ3) is 3.46. The molecule has 0 saturated carbocycles. The molecule has 22 heavy (non-hydrogen) atoms. The van der Waals surface area contributed by atoms with Crippen LogP contribution >= 0.6 is 0 Å². The van der Waals surface area contributed by atoms with E-state index in [2.05, 4.69) is 22.0 Å².